The van der Waals surface area contributed by atoms with Crippen LogP contribution in [-0.4, -0.2) is 33.0 Å². The average molecular weight is 393 g/mol. The van der Waals surface area contributed by atoms with Crippen LogP contribution in [0.25, 0.3) is 0 Å². The first-order valence-electron chi connectivity index (χ1n) is 11.0. The van der Waals surface area contributed by atoms with Gasteiger partial charge in [0.15, 0.2) is 11.5 Å². The van der Waals surface area contributed by atoms with Gasteiger partial charge in [0, 0.05) is 18.6 Å². The Kier molecular flexibility index (Phi) is 8.63. The van der Waals surface area contributed by atoms with E-state index in [-0.39, 0.29) is 5.60 Å². The molecule has 0 radical (unpaired) electrons. The van der Waals surface area contributed by atoms with Gasteiger partial charge in [-0.25, -0.2) is 0 Å². The molecule has 1 saturated heterocycles. The summed E-state index contributed by atoms with van der Waals surface area (Å²) in [6.45, 7) is 12.3. The molecular formula is C24H42NO3+. The van der Waals surface area contributed by atoms with Gasteiger partial charge < -0.3 is 19.5 Å². The van der Waals surface area contributed by atoms with Gasteiger partial charge in [-0.3, -0.25) is 0 Å². The molecule has 1 fully saturated rings. The van der Waals surface area contributed by atoms with E-state index in [0.717, 1.165) is 43.5 Å². The average Bonchev–Trinajstić information content (AvgIpc) is 2.69. The molecule has 160 valence electrons. The van der Waals surface area contributed by atoms with Crippen LogP contribution in [-0.2, 0) is 11.3 Å². The maximum atomic E-state index is 6.16. The SMILES string of the molecule is CC[C@]1(C)C[C@](CC[NH2+]Cc2ccc(OC)c(OC)c2)(CCC(C)C)CCO1. The van der Waals surface area contributed by atoms with Crippen LogP contribution in [0.3, 0.4) is 0 Å². The van der Waals surface area contributed by atoms with Crippen LogP contribution in [0.1, 0.15) is 71.8 Å². The second-order valence-corrected chi connectivity index (χ2v) is 9.23. The van der Waals surface area contributed by atoms with E-state index in [1.54, 1.807) is 14.2 Å². The van der Waals surface area contributed by atoms with E-state index in [9.17, 15) is 0 Å². The third-order valence-electron chi connectivity index (χ3n) is 6.54. The van der Waals surface area contributed by atoms with Crippen molar-refractivity contribution in [1.82, 2.24) is 0 Å². The largest absolute Gasteiger partial charge is 0.493 e. The van der Waals surface area contributed by atoms with Crippen molar-refractivity contribution >= 4 is 0 Å². The summed E-state index contributed by atoms with van der Waals surface area (Å²) in [7, 11) is 3.37. The van der Waals surface area contributed by atoms with Crippen LogP contribution in [0.2, 0.25) is 0 Å². The molecule has 0 aromatic heterocycles. The molecular weight excluding hydrogens is 350 g/mol. The summed E-state index contributed by atoms with van der Waals surface area (Å²) in [4.78, 5) is 0. The number of methoxy groups -OCH3 is 2. The molecule has 1 aliphatic rings. The number of hydrogen-bond acceptors (Lipinski definition) is 3. The van der Waals surface area contributed by atoms with Crippen molar-refractivity contribution < 1.29 is 19.5 Å². The summed E-state index contributed by atoms with van der Waals surface area (Å²) < 4.78 is 16.9. The van der Waals surface area contributed by atoms with Gasteiger partial charge >= 0.3 is 0 Å². The first kappa shape index (κ1) is 23.0. The Labute approximate surface area is 172 Å². The van der Waals surface area contributed by atoms with Crippen molar-refractivity contribution in [2.24, 2.45) is 11.3 Å². The Balaban J connectivity index is 1.94. The normalized spacial score (nSPS) is 25.1. The molecule has 1 aromatic rings. The van der Waals surface area contributed by atoms with Crippen molar-refractivity contribution in [3.05, 3.63) is 23.8 Å². The van der Waals surface area contributed by atoms with Gasteiger partial charge in [-0.05, 0) is 62.1 Å². The van der Waals surface area contributed by atoms with Crippen molar-refractivity contribution in [3.63, 3.8) is 0 Å². The second kappa shape index (κ2) is 10.5. The third kappa shape index (κ3) is 6.38. The molecule has 2 N–H and O–H groups in total. The highest BCUT2D eigenvalue weighted by molar-refractivity contribution is 5.42. The molecule has 2 atom stereocenters. The summed E-state index contributed by atoms with van der Waals surface area (Å²) in [5.74, 6) is 2.37. The first-order chi connectivity index (χ1) is 13.4. The van der Waals surface area contributed by atoms with Crippen molar-refractivity contribution in [3.8, 4) is 11.5 Å². The van der Waals surface area contributed by atoms with Crippen molar-refractivity contribution in [1.29, 1.82) is 0 Å². The Morgan fingerprint density at radius 1 is 1.14 bits per heavy atom. The summed E-state index contributed by atoms with van der Waals surface area (Å²) in [5, 5.41) is 2.44. The zero-order valence-electron chi connectivity index (χ0n) is 19.0. The van der Waals surface area contributed by atoms with E-state index < -0.39 is 0 Å². The van der Waals surface area contributed by atoms with Gasteiger partial charge in [0.2, 0.25) is 0 Å². The number of benzene rings is 1. The number of hydrogen-bond donors (Lipinski definition) is 1. The monoisotopic (exact) mass is 392 g/mol. The highest BCUT2D eigenvalue weighted by Gasteiger charge is 2.42. The molecule has 4 heteroatoms. The van der Waals surface area contributed by atoms with Crippen molar-refractivity contribution in [2.75, 3.05) is 27.4 Å². The summed E-state index contributed by atoms with van der Waals surface area (Å²) in [5.41, 5.74) is 1.76. The Morgan fingerprint density at radius 3 is 2.54 bits per heavy atom. The lowest BCUT2D eigenvalue weighted by atomic mass is 9.67. The topological polar surface area (TPSA) is 44.3 Å². The van der Waals surface area contributed by atoms with Crippen molar-refractivity contribution in [2.45, 2.75) is 78.4 Å². The van der Waals surface area contributed by atoms with Gasteiger partial charge in [0.1, 0.15) is 6.54 Å². The quantitative estimate of drug-likeness (QED) is 0.562. The molecule has 0 saturated carbocycles. The lowest BCUT2D eigenvalue weighted by molar-refractivity contribution is -0.672. The predicted molar refractivity (Wildman–Crippen MR) is 115 cm³/mol. The Hall–Kier alpha value is -1.26. The number of nitrogens with two attached hydrogens (primary N) is 1. The minimum atomic E-state index is 0.0541. The van der Waals surface area contributed by atoms with Crippen LogP contribution < -0.4 is 14.8 Å². The van der Waals surface area contributed by atoms with Crippen LogP contribution in [0.4, 0.5) is 0 Å². The van der Waals surface area contributed by atoms with E-state index in [4.69, 9.17) is 14.2 Å². The third-order valence-corrected chi connectivity index (χ3v) is 6.54. The second-order valence-electron chi connectivity index (χ2n) is 9.23. The molecule has 28 heavy (non-hydrogen) atoms. The molecule has 1 aromatic carbocycles. The molecule has 1 aliphatic heterocycles. The van der Waals surface area contributed by atoms with Gasteiger partial charge in [-0.15, -0.1) is 0 Å². The maximum Gasteiger partial charge on any atom is 0.161 e. The lowest BCUT2D eigenvalue weighted by Crippen LogP contribution is -2.83. The number of quaternary nitrogens is 1. The Morgan fingerprint density at radius 2 is 1.89 bits per heavy atom. The van der Waals surface area contributed by atoms with Crippen LogP contribution in [0, 0.1) is 11.3 Å². The molecule has 0 bridgehead atoms. The molecule has 0 unspecified atom stereocenters. The molecule has 0 amide bonds. The van der Waals surface area contributed by atoms with Gasteiger partial charge in [-0.1, -0.05) is 27.2 Å². The molecule has 0 spiro atoms. The van der Waals surface area contributed by atoms with E-state index in [1.807, 2.05) is 6.07 Å². The fourth-order valence-corrected chi connectivity index (χ4v) is 4.50. The summed E-state index contributed by atoms with van der Waals surface area (Å²) in [6.07, 6.45) is 7.42. The highest BCUT2D eigenvalue weighted by Crippen LogP contribution is 2.46. The highest BCUT2D eigenvalue weighted by atomic mass is 16.5. The van der Waals surface area contributed by atoms with E-state index in [2.05, 4.69) is 45.1 Å². The molecule has 4 nitrogen and oxygen atoms in total. The lowest BCUT2D eigenvalue weighted by Gasteiger charge is -2.46. The van der Waals surface area contributed by atoms with E-state index in [1.165, 1.54) is 37.7 Å². The van der Waals surface area contributed by atoms with Crippen LogP contribution in [0.15, 0.2) is 18.2 Å². The van der Waals surface area contributed by atoms with Gasteiger partial charge in [0.25, 0.3) is 0 Å². The molecule has 2 rings (SSSR count). The van der Waals surface area contributed by atoms with Crippen LogP contribution >= 0.6 is 0 Å². The first-order valence-corrected chi connectivity index (χ1v) is 11.0. The summed E-state index contributed by atoms with van der Waals surface area (Å²) >= 11 is 0. The number of rotatable bonds is 11. The van der Waals surface area contributed by atoms with E-state index >= 15 is 0 Å². The summed E-state index contributed by atoms with van der Waals surface area (Å²) in [6, 6.07) is 6.22. The fraction of sp³-hybridized carbons (Fsp3) is 0.750. The maximum absolute atomic E-state index is 6.16. The zero-order chi connectivity index (χ0) is 20.6. The molecule has 1 heterocycles. The molecule has 0 aliphatic carbocycles. The minimum absolute atomic E-state index is 0.0541. The standard InChI is InChI=1S/C24H41NO3/c1-7-23(4)18-24(13-15-28-23,11-10-19(2)3)12-14-25-17-20-8-9-21(26-5)22(16-20)27-6/h8-9,16,19,25H,7,10-15,17-18H2,1-6H3/p+1/t23-,24+/m1/s1. The van der Waals surface area contributed by atoms with Gasteiger partial charge in [0.05, 0.1) is 26.4 Å². The zero-order valence-corrected chi connectivity index (χ0v) is 19.0. The van der Waals surface area contributed by atoms with Crippen LogP contribution in [0.5, 0.6) is 11.5 Å². The Bertz CT molecular complexity index is 604. The minimum Gasteiger partial charge on any atom is -0.493 e. The van der Waals surface area contributed by atoms with Gasteiger partial charge in [-0.2, -0.15) is 0 Å². The number of ether oxygens (including phenoxy) is 3. The van der Waals surface area contributed by atoms with E-state index in [0.29, 0.717) is 5.41 Å². The fourth-order valence-electron chi connectivity index (χ4n) is 4.50. The smallest absolute Gasteiger partial charge is 0.161 e. The predicted octanol–water partition coefficient (Wildman–Crippen LogP) is 4.56.